The summed E-state index contributed by atoms with van der Waals surface area (Å²) in [4.78, 5) is 26.6. The fraction of sp³-hybridized carbons (Fsp3) is 0.579. The van der Waals surface area contributed by atoms with Crippen LogP contribution in [-0.2, 0) is 14.3 Å². The molecule has 0 aliphatic carbocycles. The van der Waals surface area contributed by atoms with Gasteiger partial charge in [0.15, 0.2) is 0 Å². The number of fused-ring (bicyclic) bond motifs is 1. The maximum absolute atomic E-state index is 12.5. The van der Waals surface area contributed by atoms with E-state index in [1.54, 1.807) is 24.3 Å². The topological polar surface area (TPSA) is 67.9 Å². The Morgan fingerprint density at radius 1 is 1.12 bits per heavy atom. The first-order chi connectivity index (χ1) is 11.9. The average molecular weight is 346 g/mol. The van der Waals surface area contributed by atoms with Crippen LogP contribution in [0.4, 0.5) is 5.69 Å². The van der Waals surface area contributed by atoms with Gasteiger partial charge in [0.25, 0.3) is 0 Å². The van der Waals surface area contributed by atoms with E-state index in [9.17, 15) is 9.59 Å². The molecule has 6 nitrogen and oxygen atoms in total. The van der Waals surface area contributed by atoms with E-state index >= 15 is 0 Å². The minimum absolute atomic E-state index is 0.0293. The van der Waals surface area contributed by atoms with Gasteiger partial charge in [0, 0.05) is 30.6 Å². The lowest BCUT2D eigenvalue weighted by atomic mass is 10.0. The van der Waals surface area contributed by atoms with Crippen molar-refractivity contribution in [1.82, 2.24) is 4.90 Å². The molecule has 1 amide bonds. The van der Waals surface area contributed by atoms with Crippen LogP contribution in [0, 0.1) is 11.8 Å². The summed E-state index contributed by atoms with van der Waals surface area (Å²) >= 11 is 0. The number of hydrogen-bond acceptors (Lipinski definition) is 5. The first-order valence-electron chi connectivity index (χ1n) is 8.87. The largest absolute Gasteiger partial charge is 0.459 e. The highest BCUT2D eigenvalue weighted by atomic mass is 16.5. The van der Waals surface area contributed by atoms with Gasteiger partial charge in [0.05, 0.1) is 30.9 Å². The van der Waals surface area contributed by atoms with E-state index in [0.717, 1.165) is 26.3 Å². The molecule has 0 spiro atoms. The lowest BCUT2D eigenvalue weighted by Crippen LogP contribution is -2.41. The van der Waals surface area contributed by atoms with E-state index in [-0.39, 0.29) is 24.0 Å². The van der Waals surface area contributed by atoms with E-state index in [0.29, 0.717) is 23.1 Å². The zero-order valence-corrected chi connectivity index (χ0v) is 15.0. The van der Waals surface area contributed by atoms with Gasteiger partial charge in [-0.3, -0.25) is 9.69 Å². The van der Waals surface area contributed by atoms with Gasteiger partial charge in [0.2, 0.25) is 5.91 Å². The Kier molecular flexibility index (Phi) is 5.39. The van der Waals surface area contributed by atoms with Gasteiger partial charge in [-0.05, 0) is 45.0 Å². The van der Waals surface area contributed by atoms with Crippen molar-refractivity contribution >= 4 is 17.6 Å². The van der Waals surface area contributed by atoms with Crippen molar-refractivity contribution in [2.45, 2.75) is 32.9 Å². The number of nitrogens with one attached hydrogen (secondary N) is 1. The number of rotatable bonds is 5. The summed E-state index contributed by atoms with van der Waals surface area (Å²) in [5, 5.41) is 2.93. The van der Waals surface area contributed by atoms with Gasteiger partial charge >= 0.3 is 5.97 Å². The predicted molar refractivity (Wildman–Crippen MR) is 94.5 cm³/mol. The van der Waals surface area contributed by atoms with Crippen LogP contribution < -0.4 is 5.32 Å². The van der Waals surface area contributed by atoms with Gasteiger partial charge in [-0.2, -0.15) is 0 Å². The first-order valence-corrected chi connectivity index (χ1v) is 8.87. The van der Waals surface area contributed by atoms with Crippen LogP contribution in [0.3, 0.4) is 0 Å². The smallest absolute Gasteiger partial charge is 0.338 e. The number of carbonyl (C=O) groups is 2. The molecular formula is C19H26N2O4. The van der Waals surface area contributed by atoms with Crippen molar-refractivity contribution in [3.05, 3.63) is 29.8 Å². The summed E-state index contributed by atoms with van der Waals surface area (Å²) in [5.74, 6) is 0.730. The van der Waals surface area contributed by atoms with Crippen molar-refractivity contribution in [2.75, 3.05) is 31.6 Å². The molecule has 2 aliphatic heterocycles. The van der Waals surface area contributed by atoms with Crippen LogP contribution in [0.1, 0.15) is 31.1 Å². The number of benzene rings is 1. The Bertz CT molecular complexity index is 617. The average Bonchev–Trinajstić information content (AvgIpc) is 3.15. The zero-order chi connectivity index (χ0) is 18.0. The summed E-state index contributed by atoms with van der Waals surface area (Å²) in [5.41, 5.74) is 1.16. The Morgan fingerprint density at radius 2 is 1.72 bits per heavy atom. The number of amides is 1. The molecule has 136 valence electrons. The second kappa shape index (κ2) is 7.54. The molecule has 1 N–H and O–H groups in total. The van der Waals surface area contributed by atoms with E-state index in [1.807, 2.05) is 20.8 Å². The molecule has 2 heterocycles. The fourth-order valence-corrected chi connectivity index (χ4v) is 3.42. The molecule has 3 rings (SSSR count). The Balaban J connectivity index is 1.54. The van der Waals surface area contributed by atoms with Crippen LogP contribution in [0.25, 0.3) is 0 Å². The minimum Gasteiger partial charge on any atom is -0.459 e. The van der Waals surface area contributed by atoms with Gasteiger partial charge in [-0.25, -0.2) is 4.79 Å². The quantitative estimate of drug-likeness (QED) is 0.828. The maximum atomic E-state index is 12.5. The molecule has 25 heavy (non-hydrogen) atoms. The molecule has 2 fully saturated rings. The minimum atomic E-state index is -0.355. The third-order valence-corrected chi connectivity index (χ3v) is 4.93. The Morgan fingerprint density at radius 3 is 2.28 bits per heavy atom. The molecule has 2 saturated heterocycles. The predicted octanol–water partition coefficient (Wildman–Crippen LogP) is 2.16. The van der Waals surface area contributed by atoms with Gasteiger partial charge in [0.1, 0.15) is 0 Å². The summed E-state index contributed by atoms with van der Waals surface area (Å²) in [7, 11) is 0. The van der Waals surface area contributed by atoms with Crippen molar-refractivity contribution < 1.29 is 19.1 Å². The number of ether oxygens (including phenoxy) is 2. The molecule has 0 bridgehead atoms. The molecule has 1 aromatic carbocycles. The third kappa shape index (κ3) is 4.19. The summed E-state index contributed by atoms with van der Waals surface area (Å²) in [6.07, 6.45) is -0.155. The van der Waals surface area contributed by atoms with E-state index in [1.165, 1.54) is 0 Å². The monoisotopic (exact) mass is 346 g/mol. The van der Waals surface area contributed by atoms with Crippen molar-refractivity contribution in [3.8, 4) is 0 Å². The second-order valence-corrected chi connectivity index (χ2v) is 7.21. The summed E-state index contributed by atoms with van der Waals surface area (Å²) in [6, 6.07) is 6.61. The molecule has 0 aromatic heterocycles. The van der Waals surface area contributed by atoms with Gasteiger partial charge < -0.3 is 14.8 Å². The molecule has 6 heteroatoms. The molecule has 3 atom stereocenters. The number of likely N-dealkylation sites (tertiary alicyclic amines) is 1. The second-order valence-electron chi connectivity index (χ2n) is 7.21. The highest BCUT2D eigenvalue weighted by Gasteiger charge is 2.40. The lowest BCUT2D eigenvalue weighted by Gasteiger charge is -2.24. The Labute approximate surface area is 148 Å². The van der Waals surface area contributed by atoms with Crippen molar-refractivity contribution in [2.24, 2.45) is 11.8 Å². The van der Waals surface area contributed by atoms with Crippen molar-refractivity contribution in [1.29, 1.82) is 0 Å². The molecule has 0 saturated carbocycles. The fourth-order valence-electron chi connectivity index (χ4n) is 3.42. The first kappa shape index (κ1) is 17.9. The highest BCUT2D eigenvalue weighted by molar-refractivity contribution is 5.95. The summed E-state index contributed by atoms with van der Waals surface area (Å²) < 4.78 is 10.6. The maximum Gasteiger partial charge on any atom is 0.338 e. The molecule has 1 aromatic rings. The van der Waals surface area contributed by atoms with Crippen LogP contribution in [0.2, 0.25) is 0 Å². The van der Waals surface area contributed by atoms with E-state index in [2.05, 4.69) is 10.2 Å². The molecule has 0 radical (unpaired) electrons. The number of hydrogen-bond donors (Lipinski definition) is 1. The van der Waals surface area contributed by atoms with E-state index in [4.69, 9.17) is 9.47 Å². The standard InChI is InChI=1S/C19H26N2O4/c1-12(2)25-19(23)14-4-6-17(7-5-14)20-18(22)13(3)21-8-15-10-24-11-16(15)9-21/h4-7,12-13,15-16H,8-11H2,1-3H3,(H,20,22)/t13?,15-,16+. The Hall–Kier alpha value is -1.92. The van der Waals surface area contributed by atoms with E-state index < -0.39 is 0 Å². The van der Waals surface area contributed by atoms with Crippen LogP contribution in [0.5, 0.6) is 0 Å². The number of esters is 1. The number of carbonyl (C=O) groups excluding carboxylic acids is 2. The van der Waals surface area contributed by atoms with Crippen molar-refractivity contribution in [3.63, 3.8) is 0 Å². The molecule has 1 unspecified atom stereocenters. The number of nitrogens with zero attached hydrogens (tertiary/aromatic N) is 1. The zero-order valence-electron chi connectivity index (χ0n) is 15.0. The van der Waals surface area contributed by atoms with Crippen LogP contribution >= 0.6 is 0 Å². The van der Waals surface area contributed by atoms with Crippen LogP contribution in [0.15, 0.2) is 24.3 Å². The highest BCUT2D eigenvalue weighted by Crippen LogP contribution is 2.30. The number of anilines is 1. The van der Waals surface area contributed by atoms with Crippen LogP contribution in [-0.4, -0.2) is 55.2 Å². The normalized spacial score (nSPS) is 24.2. The van der Waals surface area contributed by atoms with Gasteiger partial charge in [-0.1, -0.05) is 0 Å². The SMILES string of the molecule is CC(C)OC(=O)c1ccc(NC(=O)C(C)N2C[C@H]3COC[C@H]3C2)cc1. The third-order valence-electron chi connectivity index (χ3n) is 4.93. The lowest BCUT2D eigenvalue weighted by molar-refractivity contribution is -0.120. The molecular weight excluding hydrogens is 320 g/mol. The molecule has 2 aliphatic rings. The van der Waals surface area contributed by atoms with Gasteiger partial charge in [-0.15, -0.1) is 0 Å². The summed E-state index contributed by atoms with van der Waals surface area (Å²) in [6.45, 7) is 9.01.